The molecule has 8 nitrogen and oxygen atoms in total. The van der Waals surface area contributed by atoms with Gasteiger partial charge in [0.15, 0.2) is 0 Å². The van der Waals surface area contributed by atoms with Gasteiger partial charge in [0.25, 0.3) is 11.5 Å². The second-order valence-corrected chi connectivity index (χ2v) is 4.73. The van der Waals surface area contributed by atoms with E-state index in [0.29, 0.717) is 10.5 Å². The Morgan fingerprint density at radius 1 is 1.55 bits per heavy atom. The van der Waals surface area contributed by atoms with Gasteiger partial charge in [-0.15, -0.1) is 4.74 Å². The molecule has 0 radical (unpaired) electrons. The highest BCUT2D eigenvalue weighted by Crippen LogP contribution is 2.18. The molecule has 2 heterocycles. The fourth-order valence-electron chi connectivity index (χ4n) is 2.29. The SMILES string of the molecule is COC(=O)C1CC(O)CN1CC(=O)n1oc(C)cc1=O. The molecule has 1 aromatic rings. The Morgan fingerprint density at radius 3 is 2.80 bits per heavy atom. The van der Waals surface area contributed by atoms with Crippen molar-refractivity contribution in [2.45, 2.75) is 25.5 Å². The van der Waals surface area contributed by atoms with Gasteiger partial charge in [-0.05, 0) is 6.92 Å². The van der Waals surface area contributed by atoms with Crippen LogP contribution >= 0.6 is 0 Å². The molecular weight excluding hydrogens is 268 g/mol. The molecule has 1 N–H and O–H groups in total. The van der Waals surface area contributed by atoms with Crippen LogP contribution in [0.4, 0.5) is 0 Å². The van der Waals surface area contributed by atoms with Crippen molar-refractivity contribution in [1.29, 1.82) is 0 Å². The van der Waals surface area contributed by atoms with Gasteiger partial charge in [-0.3, -0.25) is 19.3 Å². The van der Waals surface area contributed by atoms with Crippen molar-refractivity contribution in [1.82, 2.24) is 9.64 Å². The number of aliphatic hydroxyl groups excluding tert-OH is 1. The van der Waals surface area contributed by atoms with Gasteiger partial charge in [0.1, 0.15) is 11.8 Å². The molecule has 2 atom stereocenters. The molecule has 2 unspecified atom stereocenters. The molecule has 1 saturated heterocycles. The maximum absolute atomic E-state index is 12.0. The molecule has 1 aromatic heterocycles. The first kappa shape index (κ1) is 14.5. The van der Waals surface area contributed by atoms with Crippen LogP contribution < -0.4 is 5.56 Å². The van der Waals surface area contributed by atoms with Gasteiger partial charge in [0, 0.05) is 19.0 Å². The molecule has 1 fully saturated rings. The van der Waals surface area contributed by atoms with E-state index < -0.39 is 29.6 Å². The number of aryl methyl sites for hydroxylation is 1. The molecule has 8 heteroatoms. The zero-order valence-electron chi connectivity index (χ0n) is 11.2. The van der Waals surface area contributed by atoms with Crippen LogP contribution in [0.25, 0.3) is 0 Å². The van der Waals surface area contributed by atoms with E-state index in [-0.39, 0.29) is 19.5 Å². The number of carbonyl (C=O) groups excluding carboxylic acids is 2. The lowest BCUT2D eigenvalue weighted by Gasteiger charge is -2.20. The number of aromatic nitrogens is 1. The van der Waals surface area contributed by atoms with Crippen LogP contribution in [0.2, 0.25) is 0 Å². The van der Waals surface area contributed by atoms with E-state index in [2.05, 4.69) is 4.74 Å². The summed E-state index contributed by atoms with van der Waals surface area (Å²) in [5.41, 5.74) is -0.554. The molecule has 0 amide bonds. The van der Waals surface area contributed by atoms with E-state index in [9.17, 15) is 19.5 Å². The highest BCUT2D eigenvalue weighted by atomic mass is 16.5. The predicted octanol–water partition coefficient (Wildman–Crippen LogP) is -1.00. The summed E-state index contributed by atoms with van der Waals surface area (Å²) >= 11 is 0. The Labute approximate surface area is 114 Å². The van der Waals surface area contributed by atoms with Gasteiger partial charge in [-0.1, -0.05) is 0 Å². The van der Waals surface area contributed by atoms with Crippen molar-refractivity contribution < 1.29 is 24.0 Å². The Bertz CT molecular complexity index is 575. The third-order valence-corrected chi connectivity index (χ3v) is 3.18. The Morgan fingerprint density at radius 2 is 2.25 bits per heavy atom. The van der Waals surface area contributed by atoms with Crippen molar-refractivity contribution >= 4 is 11.9 Å². The molecule has 110 valence electrons. The monoisotopic (exact) mass is 284 g/mol. The van der Waals surface area contributed by atoms with Crippen molar-refractivity contribution in [2.75, 3.05) is 20.2 Å². The summed E-state index contributed by atoms with van der Waals surface area (Å²) in [5.74, 6) is -0.780. The van der Waals surface area contributed by atoms with Crippen molar-refractivity contribution in [3.8, 4) is 0 Å². The zero-order chi connectivity index (χ0) is 14.9. The first-order valence-electron chi connectivity index (χ1n) is 6.15. The summed E-state index contributed by atoms with van der Waals surface area (Å²) in [6, 6.07) is 0.514. The number of likely N-dealkylation sites (tertiary alicyclic amines) is 1. The lowest BCUT2D eigenvalue weighted by atomic mass is 10.2. The summed E-state index contributed by atoms with van der Waals surface area (Å²) in [7, 11) is 1.24. The lowest BCUT2D eigenvalue weighted by molar-refractivity contribution is -0.145. The number of methoxy groups -OCH3 is 1. The highest BCUT2D eigenvalue weighted by Gasteiger charge is 2.38. The fourth-order valence-corrected chi connectivity index (χ4v) is 2.29. The van der Waals surface area contributed by atoms with Gasteiger partial charge in [-0.25, -0.2) is 0 Å². The van der Waals surface area contributed by atoms with Crippen LogP contribution in [-0.4, -0.2) is 59.0 Å². The van der Waals surface area contributed by atoms with Gasteiger partial charge in [0.2, 0.25) is 0 Å². The summed E-state index contributed by atoms with van der Waals surface area (Å²) in [5, 5.41) is 9.60. The molecule has 20 heavy (non-hydrogen) atoms. The summed E-state index contributed by atoms with van der Waals surface area (Å²) in [4.78, 5) is 36.5. The van der Waals surface area contributed by atoms with E-state index >= 15 is 0 Å². The number of aliphatic hydroxyl groups is 1. The maximum Gasteiger partial charge on any atom is 0.323 e. The third-order valence-electron chi connectivity index (χ3n) is 3.18. The van der Waals surface area contributed by atoms with Crippen molar-refractivity contribution in [3.63, 3.8) is 0 Å². The predicted molar refractivity (Wildman–Crippen MR) is 66.3 cm³/mol. The van der Waals surface area contributed by atoms with E-state index in [1.54, 1.807) is 6.92 Å². The number of esters is 1. The average Bonchev–Trinajstić information content (AvgIpc) is 2.91. The summed E-state index contributed by atoms with van der Waals surface area (Å²) < 4.78 is 10.3. The van der Waals surface area contributed by atoms with Crippen LogP contribution in [0, 0.1) is 6.92 Å². The van der Waals surface area contributed by atoms with E-state index in [0.717, 1.165) is 0 Å². The van der Waals surface area contributed by atoms with Gasteiger partial charge in [-0.2, -0.15) is 0 Å². The number of carbonyl (C=O) groups is 2. The maximum atomic E-state index is 12.0. The largest absolute Gasteiger partial charge is 0.468 e. The second kappa shape index (κ2) is 5.59. The molecule has 0 saturated carbocycles. The first-order valence-corrected chi connectivity index (χ1v) is 6.15. The average molecular weight is 284 g/mol. The number of hydrogen-bond acceptors (Lipinski definition) is 7. The van der Waals surface area contributed by atoms with Crippen LogP contribution in [0.5, 0.6) is 0 Å². The number of hydrogen-bond donors (Lipinski definition) is 1. The molecule has 0 aromatic carbocycles. The topological polar surface area (TPSA) is 102 Å². The Balaban J connectivity index is 2.12. The second-order valence-electron chi connectivity index (χ2n) is 4.73. The van der Waals surface area contributed by atoms with Gasteiger partial charge in [0.05, 0.1) is 19.8 Å². The van der Waals surface area contributed by atoms with Crippen LogP contribution in [0.15, 0.2) is 15.4 Å². The number of rotatable bonds is 3. The minimum atomic E-state index is -0.707. The zero-order valence-corrected chi connectivity index (χ0v) is 11.2. The quantitative estimate of drug-likeness (QED) is 0.710. The third kappa shape index (κ3) is 2.81. The van der Waals surface area contributed by atoms with Gasteiger partial charge < -0.3 is 14.4 Å². The van der Waals surface area contributed by atoms with E-state index in [4.69, 9.17) is 4.52 Å². The lowest BCUT2D eigenvalue weighted by Crippen LogP contribution is -2.42. The smallest absolute Gasteiger partial charge is 0.323 e. The van der Waals surface area contributed by atoms with Crippen LogP contribution in [-0.2, 0) is 9.53 Å². The van der Waals surface area contributed by atoms with Crippen LogP contribution in [0.3, 0.4) is 0 Å². The van der Waals surface area contributed by atoms with E-state index in [1.807, 2.05) is 0 Å². The molecule has 1 aliphatic heterocycles. The number of nitrogens with zero attached hydrogens (tertiary/aromatic N) is 2. The fraction of sp³-hybridized carbons (Fsp3) is 0.583. The van der Waals surface area contributed by atoms with Crippen molar-refractivity contribution in [2.24, 2.45) is 0 Å². The minimum absolute atomic E-state index is 0.167. The minimum Gasteiger partial charge on any atom is -0.468 e. The van der Waals surface area contributed by atoms with E-state index in [1.165, 1.54) is 18.1 Å². The molecule has 1 aliphatic rings. The summed E-state index contributed by atoms with van der Waals surface area (Å²) in [6.07, 6.45) is -0.506. The molecule has 0 aliphatic carbocycles. The normalized spacial score (nSPS) is 22.9. The number of ether oxygens (including phenoxy) is 1. The highest BCUT2D eigenvalue weighted by molar-refractivity contribution is 5.81. The standard InChI is InChI=1S/C12H16N2O6/c1-7-3-10(16)14(20-7)11(17)6-13-5-8(15)4-9(13)12(18)19-2/h3,8-9,15H,4-6H2,1-2H3. The Kier molecular flexibility index (Phi) is 4.05. The van der Waals surface area contributed by atoms with Crippen LogP contribution in [0.1, 0.15) is 17.0 Å². The molecule has 0 bridgehead atoms. The molecule has 0 spiro atoms. The van der Waals surface area contributed by atoms with Crippen molar-refractivity contribution in [3.05, 3.63) is 22.2 Å². The molecule has 2 rings (SSSR count). The van der Waals surface area contributed by atoms with Gasteiger partial charge >= 0.3 is 5.97 Å². The number of β-amino-alcohol motifs (C(OH)–C–C–N with tert-alkyl or cyclic N) is 1. The Hall–Kier alpha value is -1.93. The molecular formula is C12H16N2O6. The summed E-state index contributed by atoms with van der Waals surface area (Å²) in [6.45, 7) is 1.52. The first-order chi connectivity index (χ1) is 9.42.